The van der Waals surface area contributed by atoms with Gasteiger partial charge in [0.1, 0.15) is 5.69 Å². The average Bonchev–Trinajstić information content (AvgIpc) is 2.56. The molecular formula is C19H25N3O. The van der Waals surface area contributed by atoms with Crippen LogP contribution in [0.25, 0.3) is 0 Å². The van der Waals surface area contributed by atoms with Gasteiger partial charge < -0.3 is 10.6 Å². The van der Waals surface area contributed by atoms with Gasteiger partial charge in [-0.05, 0) is 36.5 Å². The Kier molecular flexibility index (Phi) is 6.60. The summed E-state index contributed by atoms with van der Waals surface area (Å²) in [6, 6.07) is 14.0. The van der Waals surface area contributed by atoms with Crippen molar-refractivity contribution in [3.05, 3.63) is 59.9 Å². The van der Waals surface area contributed by atoms with Crippen molar-refractivity contribution in [2.24, 2.45) is 5.92 Å². The molecule has 4 nitrogen and oxygen atoms in total. The van der Waals surface area contributed by atoms with Crippen LogP contribution in [0.3, 0.4) is 0 Å². The number of hydrogen-bond acceptors (Lipinski definition) is 3. The van der Waals surface area contributed by atoms with E-state index in [0.717, 1.165) is 25.1 Å². The summed E-state index contributed by atoms with van der Waals surface area (Å²) >= 11 is 0. The molecular weight excluding hydrogens is 286 g/mol. The van der Waals surface area contributed by atoms with E-state index in [2.05, 4.69) is 41.6 Å². The van der Waals surface area contributed by atoms with E-state index in [1.54, 1.807) is 12.3 Å². The van der Waals surface area contributed by atoms with Crippen molar-refractivity contribution >= 4 is 11.6 Å². The van der Waals surface area contributed by atoms with Gasteiger partial charge in [-0.15, -0.1) is 0 Å². The van der Waals surface area contributed by atoms with Gasteiger partial charge in [0.25, 0.3) is 5.91 Å². The van der Waals surface area contributed by atoms with Gasteiger partial charge in [0, 0.05) is 13.1 Å². The van der Waals surface area contributed by atoms with Crippen LogP contribution in [0.1, 0.15) is 36.3 Å². The molecule has 2 N–H and O–H groups in total. The molecule has 0 unspecified atom stereocenters. The van der Waals surface area contributed by atoms with Crippen LogP contribution < -0.4 is 10.6 Å². The van der Waals surface area contributed by atoms with Crippen molar-refractivity contribution in [1.29, 1.82) is 0 Å². The zero-order chi connectivity index (χ0) is 16.5. The molecule has 0 saturated heterocycles. The van der Waals surface area contributed by atoms with E-state index >= 15 is 0 Å². The zero-order valence-corrected chi connectivity index (χ0v) is 13.9. The van der Waals surface area contributed by atoms with E-state index in [1.807, 2.05) is 24.3 Å². The standard InChI is InChI=1S/C19H25N3O/c1-15(2)10-12-21-19(23)18-9-8-17(14-22-18)20-13-11-16-6-4-3-5-7-16/h3-9,14-15,20H,10-13H2,1-2H3,(H,21,23). The molecule has 1 aromatic heterocycles. The van der Waals surface area contributed by atoms with Gasteiger partial charge in [-0.25, -0.2) is 4.98 Å². The number of benzene rings is 1. The summed E-state index contributed by atoms with van der Waals surface area (Å²) in [4.78, 5) is 16.2. The molecule has 0 aliphatic rings. The monoisotopic (exact) mass is 311 g/mol. The van der Waals surface area contributed by atoms with Crippen molar-refractivity contribution in [3.63, 3.8) is 0 Å². The van der Waals surface area contributed by atoms with Gasteiger partial charge in [0.15, 0.2) is 0 Å². The van der Waals surface area contributed by atoms with Crippen LogP contribution in [0, 0.1) is 5.92 Å². The fourth-order valence-corrected chi connectivity index (χ4v) is 2.19. The molecule has 2 rings (SSSR count). The van der Waals surface area contributed by atoms with Crippen molar-refractivity contribution in [2.45, 2.75) is 26.7 Å². The lowest BCUT2D eigenvalue weighted by Gasteiger charge is -2.08. The van der Waals surface area contributed by atoms with Crippen molar-refractivity contribution in [1.82, 2.24) is 10.3 Å². The molecule has 0 aliphatic carbocycles. The van der Waals surface area contributed by atoms with E-state index < -0.39 is 0 Å². The summed E-state index contributed by atoms with van der Waals surface area (Å²) in [5, 5.41) is 6.22. The lowest BCUT2D eigenvalue weighted by Crippen LogP contribution is -2.26. The fraction of sp³-hybridized carbons (Fsp3) is 0.368. The highest BCUT2D eigenvalue weighted by molar-refractivity contribution is 5.92. The number of hydrogen-bond donors (Lipinski definition) is 2. The number of anilines is 1. The van der Waals surface area contributed by atoms with Crippen molar-refractivity contribution in [3.8, 4) is 0 Å². The Labute approximate surface area is 138 Å². The zero-order valence-electron chi connectivity index (χ0n) is 13.9. The number of nitrogens with zero attached hydrogens (tertiary/aromatic N) is 1. The Balaban J connectivity index is 1.76. The summed E-state index contributed by atoms with van der Waals surface area (Å²) in [6.45, 7) is 5.81. The predicted molar refractivity (Wildman–Crippen MR) is 94.7 cm³/mol. The highest BCUT2D eigenvalue weighted by Gasteiger charge is 2.06. The fourth-order valence-electron chi connectivity index (χ4n) is 2.19. The number of nitrogens with one attached hydrogen (secondary N) is 2. The van der Waals surface area contributed by atoms with Gasteiger partial charge in [-0.3, -0.25) is 4.79 Å². The highest BCUT2D eigenvalue weighted by atomic mass is 16.1. The van der Waals surface area contributed by atoms with Crippen LogP contribution in [0.2, 0.25) is 0 Å². The maximum Gasteiger partial charge on any atom is 0.269 e. The maximum absolute atomic E-state index is 11.9. The molecule has 0 spiro atoms. The van der Waals surface area contributed by atoms with Gasteiger partial charge >= 0.3 is 0 Å². The van der Waals surface area contributed by atoms with Crippen molar-refractivity contribution in [2.75, 3.05) is 18.4 Å². The van der Waals surface area contributed by atoms with E-state index in [1.165, 1.54) is 5.56 Å². The van der Waals surface area contributed by atoms with Crippen LogP contribution in [0.15, 0.2) is 48.7 Å². The first-order valence-corrected chi connectivity index (χ1v) is 8.17. The number of pyridine rings is 1. The molecule has 1 amide bonds. The second-order valence-corrected chi connectivity index (χ2v) is 6.03. The summed E-state index contributed by atoms with van der Waals surface area (Å²) < 4.78 is 0. The molecule has 1 aromatic carbocycles. The third-order valence-electron chi connectivity index (χ3n) is 3.59. The smallest absolute Gasteiger partial charge is 0.269 e. The van der Waals surface area contributed by atoms with Crippen molar-refractivity contribution < 1.29 is 4.79 Å². The highest BCUT2D eigenvalue weighted by Crippen LogP contribution is 2.07. The molecule has 0 bridgehead atoms. The molecule has 0 fully saturated rings. The first kappa shape index (κ1) is 17.0. The molecule has 2 aromatic rings. The molecule has 1 heterocycles. The van der Waals surface area contributed by atoms with Gasteiger partial charge in [-0.1, -0.05) is 44.2 Å². The normalized spacial score (nSPS) is 10.6. The minimum absolute atomic E-state index is 0.110. The molecule has 4 heteroatoms. The lowest BCUT2D eigenvalue weighted by molar-refractivity contribution is 0.0947. The van der Waals surface area contributed by atoms with Crippen LogP contribution in [0.5, 0.6) is 0 Å². The number of aromatic nitrogens is 1. The van der Waals surface area contributed by atoms with E-state index in [0.29, 0.717) is 18.2 Å². The first-order chi connectivity index (χ1) is 11.1. The Hall–Kier alpha value is -2.36. The minimum atomic E-state index is -0.110. The third-order valence-corrected chi connectivity index (χ3v) is 3.59. The second-order valence-electron chi connectivity index (χ2n) is 6.03. The van der Waals surface area contributed by atoms with Crippen LogP contribution >= 0.6 is 0 Å². The Morgan fingerprint density at radius 1 is 1.09 bits per heavy atom. The molecule has 23 heavy (non-hydrogen) atoms. The largest absolute Gasteiger partial charge is 0.383 e. The molecule has 0 saturated carbocycles. The van der Waals surface area contributed by atoms with E-state index in [-0.39, 0.29) is 5.91 Å². The number of amides is 1. The quantitative estimate of drug-likeness (QED) is 0.784. The van der Waals surface area contributed by atoms with Gasteiger partial charge in [-0.2, -0.15) is 0 Å². The predicted octanol–water partition coefficient (Wildman–Crippen LogP) is 3.51. The number of carbonyl (C=O) groups excluding carboxylic acids is 1. The molecule has 0 atom stereocenters. The number of rotatable bonds is 8. The third kappa shape index (κ3) is 6.10. The minimum Gasteiger partial charge on any atom is -0.383 e. The summed E-state index contributed by atoms with van der Waals surface area (Å²) in [7, 11) is 0. The SMILES string of the molecule is CC(C)CCNC(=O)c1ccc(NCCc2ccccc2)cn1. The Morgan fingerprint density at radius 3 is 2.52 bits per heavy atom. The van der Waals surface area contributed by atoms with Crippen LogP contribution in [-0.4, -0.2) is 24.0 Å². The molecule has 0 aliphatic heterocycles. The Bertz CT molecular complexity index is 594. The average molecular weight is 311 g/mol. The first-order valence-electron chi connectivity index (χ1n) is 8.17. The summed E-state index contributed by atoms with van der Waals surface area (Å²) in [5.74, 6) is 0.473. The topological polar surface area (TPSA) is 54.0 Å². The summed E-state index contributed by atoms with van der Waals surface area (Å²) in [5.41, 5.74) is 2.69. The van der Waals surface area contributed by atoms with Crippen LogP contribution in [-0.2, 0) is 6.42 Å². The second kappa shape index (κ2) is 8.93. The maximum atomic E-state index is 11.9. The van der Waals surface area contributed by atoms with E-state index in [4.69, 9.17) is 0 Å². The van der Waals surface area contributed by atoms with E-state index in [9.17, 15) is 4.79 Å². The molecule has 122 valence electrons. The van der Waals surface area contributed by atoms with Gasteiger partial charge in [0.2, 0.25) is 0 Å². The molecule has 0 radical (unpaired) electrons. The van der Waals surface area contributed by atoms with Crippen LogP contribution in [0.4, 0.5) is 5.69 Å². The number of carbonyl (C=O) groups is 1. The van der Waals surface area contributed by atoms with Gasteiger partial charge in [0.05, 0.1) is 11.9 Å². The lowest BCUT2D eigenvalue weighted by atomic mass is 10.1. The Morgan fingerprint density at radius 2 is 1.87 bits per heavy atom. The summed E-state index contributed by atoms with van der Waals surface area (Å²) in [6.07, 6.45) is 3.64.